The van der Waals surface area contributed by atoms with Crippen LogP contribution >= 0.6 is 0 Å². The molecule has 1 aliphatic heterocycles. The van der Waals surface area contributed by atoms with E-state index in [1.807, 2.05) is 31.2 Å². The monoisotopic (exact) mass is 257 g/mol. The van der Waals surface area contributed by atoms with Crippen LogP contribution in [0.2, 0.25) is 0 Å². The van der Waals surface area contributed by atoms with E-state index in [1.165, 1.54) is 0 Å². The van der Waals surface area contributed by atoms with Crippen molar-refractivity contribution in [3.8, 4) is 0 Å². The molecule has 2 atom stereocenters. The van der Waals surface area contributed by atoms with Crippen molar-refractivity contribution < 1.29 is 9.84 Å². The number of hydrogen-bond acceptors (Lipinski definition) is 3. The fraction of sp³-hybridized carbons (Fsp3) is 0.438. The Hall–Kier alpha value is -1.45. The standard InChI is InChI=1S/C16H19NO2/c1-16(18,13-8-9-19-11-13)10-14-7-6-12-4-2-3-5-15(12)17-14/h2-7,13,18H,8-11H2,1H3. The predicted octanol–water partition coefficient (Wildman–Crippen LogP) is 2.56. The van der Waals surface area contributed by atoms with Gasteiger partial charge in [-0.05, 0) is 25.5 Å². The van der Waals surface area contributed by atoms with Crippen molar-refractivity contribution in [3.63, 3.8) is 0 Å². The summed E-state index contributed by atoms with van der Waals surface area (Å²) in [5.74, 6) is 0.209. The van der Waals surface area contributed by atoms with Gasteiger partial charge in [-0.3, -0.25) is 4.98 Å². The number of pyridine rings is 1. The molecule has 0 amide bonds. The highest BCUT2D eigenvalue weighted by Crippen LogP contribution is 2.29. The molecule has 2 heterocycles. The van der Waals surface area contributed by atoms with Gasteiger partial charge in [0.05, 0.1) is 17.7 Å². The summed E-state index contributed by atoms with van der Waals surface area (Å²) in [5.41, 5.74) is 1.18. The minimum absolute atomic E-state index is 0.209. The van der Waals surface area contributed by atoms with Gasteiger partial charge in [-0.25, -0.2) is 0 Å². The van der Waals surface area contributed by atoms with Crippen molar-refractivity contribution in [1.29, 1.82) is 0 Å². The highest BCUT2D eigenvalue weighted by atomic mass is 16.5. The minimum Gasteiger partial charge on any atom is -0.389 e. The van der Waals surface area contributed by atoms with E-state index in [2.05, 4.69) is 17.1 Å². The van der Waals surface area contributed by atoms with Gasteiger partial charge in [-0.15, -0.1) is 0 Å². The second kappa shape index (κ2) is 4.91. The molecule has 1 saturated heterocycles. The maximum absolute atomic E-state index is 10.6. The summed E-state index contributed by atoms with van der Waals surface area (Å²) < 4.78 is 5.37. The molecule has 0 spiro atoms. The summed E-state index contributed by atoms with van der Waals surface area (Å²) in [6.45, 7) is 3.30. The van der Waals surface area contributed by atoms with Gasteiger partial charge < -0.3 is 9.84 Å². The van der Waals surface area contributed by atoms with Gasteiger partial charge in [-0.1, -0.05) is 24.3 Å². The van der Waals surface area contributed by atoms with E-state index in [4.69, 9.17) is 4.74 Å². The second-order valence-corrected chi connectivity index (χ2v) is 5.59. The largest absolute Gasteiger partial charge is 0.389 e. The summed E-state index contributed by atoms with van der Waals surface area (Å²) in [5, 5.41) is 11.8. The Morgan fingerprint density at radius 3 is 2.95 bits per heavy atom. The first-order chi connectivity index (χ1) is 9.15. The van der Waals surface area contributed by atoms with Gasteiger partial charge in [0, 0.05) is 30.0 Å². The first-order valence-electron chi connectivity index (χ1n) is 6.80. The summed E-state index contributed by atoms with van der Waals surface area (Å²) in [6, 6.07) is 12.1. The van der Waals surface area contributed by atoms with Crippen LogP contribution in [-0.4, -0.2) is 28.9 Å². The van der Waals surface area contributed by atoms with Crippen LogP contribution in [0.4, 0.5) is 0 Å². The highest BCUT2D eigenvalue weighted by Gasteiger charge is 2.35. The van der Waals surface area contributed by atoms with Crippen molar-refractivity contribution in [3.05, 3.63) is 42.1 Å². The number of nitrogens with zero attached hydrogens (tertiary/aromatic N) is 1. The number of ether oxygens (including phenoxy) is 1. The number of hydrogen-bond donors (Lipinski definition) is 1. The molecule has 0 aliphatic carbocycles. The van der Waals surface area contributed by atoms with Crippen molar-refractivity contribution in [2.45, 2.75) is 25.4 Å². The van der Waals surface area contributed by atoms with Crippen LogP contribution in [-0.2, 0) is 11.2 Å². The third-order valence-electron chi connectivity index (χ3n) is 4.00. The van der Waals surface area contributed by atoms with E-state index in [0.29, 0.717) is 13.0 Å². The van der Waals surface area contributed by atoms with E-state index in [0.717, 1.165) is 29.6 Å². The predicted molar refractivity (Wildman–Crippen MR) is 75.0 cm³/mol. The lowest BCUT2D eigenvalue weighted by atomic mass is 9.84. The van der Waals surface area contributed by atoms with Crippen LogP contribution in [0.1, 0.15) is 19.0 Å². The zero-order valence-electron chi connectivity index (χ0n) is 11.2. The van der Waals surface area contributed by atoms with Gasteiger partial charge in [0.1, 0.15) is 0 Å². The maximum atomic E-state index is 10.6. The first-order valence-corrected chi connectivity index (χ1v) is 6.80. The normalized spacial score (nSPS) is 22.5. The van der Waals surface area contributed by atoms with E-state index < -0.39 is 5.60 Å². The van der Waals surface area contributed by atoms with Crippen molar-refractivity contribution in [2.75, 3.05) is 13.2 Å². The van der Waals surface area contributed by atoms with Gasteiger partial charge in [0.25, 0.3) is 0 Å². The minimum atomic E-state index is -0.744. The molecule has 3 heteroatoms. The molecule has 1 fully saturated rings. The topological polar surface area (TPSA) is 42.4 Å². The molecule has 1 aliphatic rings. The zero-order valence-corrected chi connectivity index (χ0v) is 11.2. The maximum Gasteiger partial charge on any atom is 0.0725 e. The van der Waals surface area contributed by atoms with Crippen molar-refractivity contribution in [2.24, 2.45) is 5.92 Å². The molecule has 1 N–H and O–H groups in total. The van der Waals surface area contributed by atoms with E-state index >= 15 is 0 Å². The molecule has 2 unspecified atom stereocenters. The second-order valence-electron chi connectivity index (χ2n) is 5.59. The number of fused-ring (bicyclic) bond motifs is 1. The van der Waals surface area contributed by atoms with Crippen LogP contribution in [0.25, 0.3) is 10.9 Å². The van der Waals surface area contributed by atoms with Gasteiger partial charge in [0.2, 0.25) is 0 Å². The van der Waals surface area contributed by atoms with E-state index in [-0.39, 0.29) is 5.92 Å². The third-order valence-corrected chi connectivity index (χ3v) is 4.00. The smallest absolute Gasteiger partial charge is 0.0725 e. The average Bonchev–Trinajstić information content (AvgIpc) is 2.93. The van der Waals surface area contributed by atoms with E-state index in [1.54, 1.807) is 0 Å². The Kier molecular flexibility index (Phi) is 3.25. The highest BCUT2D eigenvalue weighted by molar-refractivity contribution is 5.78. The van der Waals surface area contributed by atoms with Crippen LogP contribution in [0.5, 0.6) is 0 Å². The molecule has 3 nitrogen and oxygen atoms in total. The number of rotatable bonds is 3. The zero-order chi connectivity index (χ0) is 13.3. The molecule has 0 bridgehead atoms. The van der Waals surface area contributed by atoms with Gasteiger partial charge >= 0.3 is 0 Å². The molecular formula is C16H19NO2. The Morgan fingerprint density at radius 1 is 1.32 bits per heavy atom. The molecule has 0 radical (unpaired) electrons. The quantitative estimate of drug-likeness (QED) is 0.919. The molecule has 100 valence electrons. The number of aliphatic hydroxyl groups is 1. The molecule has 2 aromatic rings. The van der Waals surface area contributed by atoms with Crippen LogP contribution < -0.4 is 0 Å². The van der Waals surface area contributed by atoms with Gasteiger partial charge in [0.15, 0.2) is 0 Å². The SMILES string of the molecule is CC(O)(Cc1ccc2ccccc2n1)C1CCOC1. The molecule has 1 aromatic carbocycles. The summed E-state index contributed by atoms with van der Waals surface area (Å²) in [6.07, 6.45) is 1.51. The Balaban J connectivity index is 1.84. The molecule has 0 saturated carbocycles. The first kappa shape index (κ1) is 12.6. The summed E-state index contributed by atoms with van der Waals surface area (Å²) in [4.78, 5) is 4.63. The lowest BCUT2D eigenvalue weighted by Crippen LogP contribution is -2.37. The molecule has 19 heavy (non-hydrogen) atoms. The Bertz CT molecular complexity index is 574. The van der Waals surface area contributed by atoms with Crippen LogP contribution in [0.15, 0.2) is 36.4 Å². The van der Waals surface area contributed by atoms with Gasteiger partial charge in [-0.2, -0.15) is 0 Å². The Morgan fingerprint density at radius 2 is 2.16 bits per heavy atom. The molecule has 1 aromatic heterocycles. The summed E-state index contributed by atoms with van der Waals surface area (Å²) in [7, 11) is 0. The lowest BCUT2D eigenvalue weighted by molar-refractivity contribution is -0.00524. The van der Waals surface area contributed by atoms with Crippen molar-refractivity contribution >= 4 is 10.9 Å². The van der Waals surface area contributed by atoms with E-state index in [9.17, 15) is 5.11 Å². The fourth-order valence-corrected chi connectivity index (χ4v) is 2.74. The van der Waals surface area contributed by atoms with Crippen molar-refractivity contribution in [1.82, 2.24) is 4.98 Å². The van der Waals surface area contributed by atoms with Crippen LogP contribution in [0.3, 0.4) is 0 Å². The number of benzene rings is 1. The molecule has 3 rings (SSSR count). The molecular weight excluding hydrogens is 238 g/mol. The van der Waals surface area contributed by atoms with Crippen LogP contribution in [0, 0.1) is 5.92 Å². The fourth-order valence-electron chi connectivity index (χ4n) is 2.74. The Labute approximate surface area is 113 Å². The third kappa shape index (κ3) is 2.62. The summed E-state index contributed by atoms with van der Waals surface area (Å²) >= 11 is 0. The number of para-hydroxylation sites is 1. The lowest BCUT2D eigenvalue weighted by Gasteiger charge is -2.28. The average molecular weight is 257 g/mol. The number of aromatic nitrogens is 1.